The third-order valence-corrected chi connectivity index (χ3v) is 5.29. The zero-order chi connectivity index (χ0) is 17.5. The van der Waals surface area contributed by atoms with E-state index in [-0.39, 0.29) is 24.2 Å². The monoisotopic (exact) mass is 353 g/mol. The van der Waals surface area contributed by atoms with Crippen LogP contribution in [0.5, 0.6) is 0 Å². The Hall–Kier alpha value is -2.53. The number of nitro groups is 1. The molecule has 0 saturated carbocycles. The van der Waals surface area contributed by atoms with Crippen molar-refractivity contribution in [3.63, 3.8) is 0 Å². The second-order valence-corrected chi connectivity index (χ2v) is 7.48. The van der Waals surface area contributed by atoms with Crippen molar-refractivity contribution in [3.8, 4) is 0 Å². The van der Waals surface area contributed by atoms with Crippen molar-refractivity contribution in [2.24, 2.45) is 0 Å². The zero-order valence-corrected chi connectivity index (χ0v) is 13.6. The van der Waals surface area contributed by atoms with Crippen LogP contribution in [0.2, 0.25) is 0 Å². The number of hydrogen-bond donors (Lipinski definition) is 1. The number of nitrogens with zero attached hydrogens (tertiary/aromatic N) is 4. The minimum atomic E-state index is -3.28. The van der Waals surface area contributed by atoms with Gasteiger partial charge in [0.2, 0.25) is 10.0 Å². The highest BCUT2D eigenvalue weighted by molar-refractivity contribution is 7.88. The Kier molecular flexibility index (Phi) is 3.97. The van der Waals surface area contributed by atoms with Gasteiger partial charge in [0.1, 0.15) is 5.69 Å². The predicted octanol–water partition coefficient (Wildman–Crippen LogP) is -0.0871. The van der Waals surface area contributed by atoms with E-state index < -0.39 is 20.5 Å². The molecule has 1 aliphatic rings. The normalized spacial score (nSPS) is 16.5. The third-order valence-electron chi connectivity index (χ3n) is 3.98. The van der Waals surface area contributed by atoms with Gasteiger partial charge < -0.3 is 9.88 Å². The first-order chi connectivity index (χ1) is 11.3. The Morgan fingerprint density at radius 3 is 2.50 bits per heavy atom. The Morgan fingerprint density at radius 2 is 1.92 bits per heavy atom. The Labute approximate surface area is 136 Å². The Bertz CT molecular complexity index is 962. The van der Waals surface area contributed by atoms with E-state index in [2.05, 4.69) is 9.97 Å². The molecule has 0 bridgehead atoms. The number of benzene rings is 1. The molecule has 0 radical (unpaired) electrons. The highest BCUT2D eigenvalue weighted by Gasteiger charge is 2.28. The maximum absolute atomic E-state index is 11.8. The number of aromatic amines is 1. The van der Waals surface area contributed by atoms with E-state index in [1.54, 1.807) is 4.90 Å². The molecule has 1 aliphatic heterocycles. The molecule has 1 N–H and O–H groups in total. The topological polar surface area (TPSA) is 130 Å². The van der Waals surface area contributed by atoms with Crippen LogP contribution in [0.4, 0.5) is 11.4 Å². The van der Waals surface area contributed by atoms with Crippen LogP contribution in [-0.4, -0.2) is 60.0 Å². The van der Waals surface area contributed by atoms with Gasteiger partial charge in [0.15, 0.2) is 0 Å². The molecular weight excluding hydrogens is 338 g/mol. The number of sulfonamides is 1. The van der Waals surface area contributed by atoms with Crippen molar-refractivity contribution >= 4 is 32.3 Å². The third kappa shape index (κ3) is 2.95. The van der Waals surface area contributed by atoms with E-state index in [0.717, 1.165) is 6.26 Å². The van der Waals surface area contributed by atoms with Crippen LogP contribution in [-0.2, 0) is 10.0 Å². The zero-order valence-electron chi connectivity index (χ0n) is 12.8. The summed E-state index contributed by atoms with van der Waals surface area (Å²) in [5, 5.41) is 11.5. The lowest BCUT2D eigenvalue weighted by Crippen LogP contribution is -2.48. The summed E-state index contributed by atoms with van der Waals surface area (Å²) >= 11 is 0. The number of rotatable bonds is 3. The van der Waals surface area contributed by atoms with Crippen molar-refractivity contribution in [1.29, 1.82) is 0 Å². The van der Waals surface area contributed by atoms with Crippen molar-refractivity contribution in [2.45, 2.75) is 0 Å². The lowest BCUT2D eigenvalue weighted by molar-refractivity contribution is -0.384. The first kappa shape index (κ1) is 16.3. The number of fused-ring (bicyclic) bond motifs is 1. The first-order valence-corrected chi connectivity index (χ1v) is 8.98. The molecule has 0 atom stereocenters. The standard InChI is InChI=1S/C13H15N5O5S/c1-24(22,23)17-4-2-16(3-5-17)11-7-10-9(6-12(11)18(20)21)13(19)15-8-14-10/h6-8H,2-5H2,1H3,(H,14,15,19). The molecule has 0 unspecified atom stereocenters. The molecule has 2 aromatic rings. The van der Waals surface area contributed by atoms with Crippen LogP contribution in [0.1, 0.15) is 0 Å². The molecule has 0 amide bonds. The number of H-pyrrole nitrogens is 1. The maximum atomic E-state index is 11.8. The van der Waals surface area contributed by atoms with Gasteiger partial charge in [0.25, 0.3) is 11.2 Å². The van der Waals surface area contributed by atoms with Gasteiger partial charge in [-0.2, -0.15) is 4.31 Å². The summed E-state index contributed by atoms with van der Waals surface area (Å²) in [5.74, 6) is 0. The van der Waals surface area contributed by atoms with Gasteiger partial charge in [-0.1, -0.05) is 0 Å². The molecule has 3 rings (SSSR count). The van der Waals surface area contributed by atoms with Gasteiger partial charge in [-0.05, 0) is 6.07 Å². The van der Waals surface area contributed by atoms with E-state index in [4.69, 9.17) is 0 Å². The summed E-state index contributed by atoms with van der Waals surface area (Å²) in [6.45, 7) is 1.14. The van der Waals surface area contributed by atoms with Gasteiger partial charge in [-0.3, -0.25) is 14.9 Å². The van der Waals surface area contributed by atoms with E-state index in [0.29, 0.717) is 24.3 Å². The lowest BCUT2D eigenvalue weighted by Gasteiger charge is -2.34. The molecule has 1 saturated heterocycles. The minimum absolute atomic E-state index is 0.141. The van der Waals surface area contributed by atoms with Crippen LogP contribution in [0, 0.1) is 10.1 Å². The van der Waals surface area contributed by atoms with Gasteiger partial charge in [0.05, 0.1) is 28.4 Å². The molecule has 2 heterocycles. The lowest BCUT2D eigenvalue weighted by atomic mass is 10.1. The second-order valence-electron chi connectivity index (χ2n) is 5.50. The van der Waals surface area contributed by atoms with Crippen LogP contribution in [0.3, 0.4) is 0 Å². The molecule has 1 fully saturated rings. The molecule has 11 heteroatoms. The molecule has 0 spiro atoms. The number of anilines is 1. The SMILES string of the molecule is CS(=O)(=O)N1CCN(c2cc3nc[nH]c(=O)c3cc2[N+](=O)[O-])CC1. The number of nitro benzene ring substituents is 1. The van der Waals surface area contributed by atoms with Crippen molar-refractivity contribution in [3.05, 3.63) is 38.9 Å². The Balaban J connectivity index is 2.02. The molecule has 0 aliphatic carbocycles. The fourth-order valence-electron chi connectivity index (χ4n) is 2.75. The second kappa shape index (κ2) is 5.83. The minimum Gasteiger partial charge on any atom is -0.363 e. The molecule has 10 nitrogen and oxygen atoms in total. The highest BCUT2D eigenvalue weighted by Crippen LogP contribution is 2.32. The van der Waals surface area contributed by atoms with Crippen molar-refractivity contribution in [2.75, 3.05) is 37.3 Å². The summed E-state index contributed by atoms with van der Waals surface area (Å²) in [5.41, 5.74) is 0.0361. The van der Waals surface area contributed by atoms with E-state index in [1.165, 1.54) is 22.8 Å². The first-order valence-electron chi connectivity index (χ1n) is 7.13. The molecular formula is C13H15N5O5S. The molecule has 24 heavy (non-hydrogen) atoms. The van der Waals surface area contributed by atoms with E-state index >= 15 is 0 Å². The van der Waals surface area contributed by atoms with Gasteiger partial charge in [-0.15, -0.1) is 0 Å². The van der Waals surface area contributed by atoms with Crippen LogP contribution >= 0.6 is 0 Å². The fraction of sp³-hybridized carbons (Fsp3) is 0.385. The van der Waals surface area contributed by atoms with Crippen molar-refractivity contribution in [1.82, 2.24) is 14.3 Å². The predicted molar refractivity (Wildman–Crippen MR) is 87.6 cm³/mol. The maximum Gasteiger partial charge on any atom is 0.293 e. The summed E-state index contributed by atoms with van der Waals surface area (Å²) in [6, 6.07) is 2.71. The van der Waals surface area contributed by atoms with E-state index in [9.17, 15) is 23.3 Å². The van der Waals surface area contributed by atoms with Gasteiger partial charge in [0, 0.05) is 32.2 Å². The average Bonchev–Trinajstić information content (AvgIpc) is 2.53. The number of piperazine rings is 1. The number of hydrogen-bond acceptors (Lipinski definition) is 7. The van der Waals surface area contributed by atoms with Crippen LogP contribution in [0.25, 0.3) is 10.9 Å². The van der Waals surface area contributed by atoms with Crippen LogP contribution in [0.15, 0.2) is 23.3 Å². The Morgan fingerprint density at radius 1 is 1.25 bits per heavy atom. The summed E-state index contributed by atoms with van der Waals surface area (Å²) in [7, 11) is -3.28. The average molecular weight is 353 g/mol. The van der Waals surface area contributed by atoms with E-state index in [1.807, 2.05) is 0 Å². The molecule has 128 valence electrons. The smallest absolute Gasteiger partial charge is 0.293 e. The number of aromatic nitrogens is 2. The van der Waals surface area contributed by atoms with Gasteiger partial charge in [-0.25, -0.2) is 13.4 Å². The summed E-state index contributed by atoms with van der Waals surface area (Å²) in [4.78, 5) is 30.8. The molecule has 1 aromatic carbocycles. The highest BCUT2D eigenvalue weighted by atomic mass is 32.2. The summed E-state index contributed by atoms with van der Waals surface area (Å²) in [6.07, 6.45) is 2.37. The largest absolute Gasteiger partial charge is 0.363 e. The van der Waals surface area contributed by atoms with Crippen LogP contribution < -0.4 is 10.5 Å². The van der Waals surface area contributed by atoms with Crippen molar-refractivity contribution < 1.29 is 13.3 Å². The fourth-order valence-corrected chi connectivity index (χ4v) is 3.58. The van der Waals surface area contributed by atoms with Gasteiger partial charge >= 0.3 is 0 Å². The molecule has 1 aromatic heterocycles. The summed E-state index contributed by atoms with van der Waals surface area (Å²) < 4.78 is 24.5. The number of nitrogens with one attached hydrogen (secondary N) is 1. The quantitative estimate of drug-likeness (QED) is 0.603.